The third-order valence-electron chi connectivity index (χ3n) is 5.74. The van der Waals surface area contributed by atoms with Gasteiger partial charge in [-0.1, -0.05) is 0 Å². The van der Waals surface area contributed by atoms with E-state index in [1.165, 1.54) is 16.0 Å². The molecule has 6 nitrogen and oxygen atoms in total. The van der Waals surface area contributed by atoms with Crippen LogP contribution < -0.4 is 10.6 Å². The molecule has 0 bridgehead atoms. The van der Waals surface area contributed by atoms with E-state index >= 15 is 0 Å². The Kier molecular flexibility index (Phi) is 7.09. The van der Waals surface area contributed by atoms with Crippen molar-refractivity contribution in [3.8, 4) is 0 Å². The summed E-state index contributed by atoms with van der Waals surface area (Å²) >= 11 is 1.62. The number of pyridine rings is 1. The lowest BCUT2D eigenvalue weighted by Gasteiger charge is -2.40. The Hall–Kier alpha value is -1.64. The van der Waals surface area contributed by atoms with Crippen molar-refractivity contribution in [3.63, 3.8) is 0 Å². The van der Waals surface area contributed by atoms with Crippen molar-refractivity contribution < 1.29 is 9.53 Å². The molecule has 0 saturated carbocycles. The molecule has 2 aliphatic rings. The number of rotatable bonds is 3. The fourth-order valence-corrected chi connectivity index (χ4v) is 5.40. The summed E-state index contributed by atoms with van der Waals surface area (Å²) in [6.45, 7) is 5.14. The molecule has 0 radical (unpaired) electrons. The van der Waals surface area contributed by atoms with Crippen LogP contribution in [0.3, 0.4) is 0 Å². The average Bonchev–Trinajstić information content (AvgIpc) is 3.31. The highest BCUT2D eigenvalue weighted by atomic mass is 35.5. The van der Waals surface area contributed by atoms with Gasteiger partial charge < -0.3 is 19.8 Å². The van der Waals surface area contributed by atoms with Gasteiger partial charge in [-0.15, -0.1) is 36.2 Å². The SMILES string of the molecule is Cc1ccn2cc(CNC(=O)c3cc4c(s3)CCOC43CCNCC3)nc2c1.Cl.Cl. The molecule has 2 aliphatic heterocycles. The first-order valence-corrected chi connectivity index (χ1v) is 10.6. The summed E-state index contributed by atoms with van der Waals surface area (Å²) in [5, 5.41) is 6.44. The Bertz CT molecular complexity index is 1040. The number of piperidine rings is 1. The average molecular weight is 469 g/mol. The van der Waals surface area contributed by atoms with Gasteiger partial charge in [0.2, 0.25) is 0 Å². The smallest absolute Gasteiger partial charge is 0.261 e. The lowest BCUT2D eigenvalue weighted by Crippen LogP contribution is -2.44. The van der Waals surface area contributed by atoms with Crippen molar-refractivity contribution in [2.75, 3.05) is 19.7 Å². The number of carbonyl (C=O) groups is 1. The molecule has 1 amide bonds. The number of carbonyl (C=O) groups excluding carboxylic acids is 1. The maximum absolute atomic E-state index is 12.8. The summed E-state index contributed by atoms with van der Waals surface area (Å²) in [7, 11) is 0. The second-order valence-electron chi connectivity index (χ2n) is 7.67. The summed E-state index contributed by atoms with van der Waals surface area (Å²) in [6.07, 6.45) is 6.80. The number of hydrogen-bond donors (Lipinski definition) is 2. The van der Waals surface area contributed by atoms with Gasteiger partial charge in [-0.05, 0) is 62.2 Å². The van der Waals surface area contributed by atoms with Gasteiger partial charge in [-0.25, -0.2) is 4.98 Å². The summed E-state index contributed by atoms with van der Waals surface area (Å²) < 4.78 is 8.20. The van der Waals surface area contributed by atoms with E-state index < -0.39 is 0 Å². The number of nitrogens with zero attached hydrogens (tertiary/aromatic N) is 2. The zero-order chi connectivity index (χ0) is 19.1. The van der Waals surface area contributed by atoms with Crippen LogP contribution in [-0.2, 0) is 23.3 Å². The van der Waals surface area contributed by atoms with Crippen LogP contribution in [0.4, 0.5) is 0 Å². The minimum Gasteiger partial charge on any atom is -0.370 e. The number of halogens is 2. The Morgan fingerprint density at radius 1 is 1.33 bits per heavy atom. The van der Waals surface area contributed by atoms with Crippen molar-refractivity contribution in [1.82, 2.24) is 20.0 Å². The first-order valence-electron chi connectivity index (χ1n) is 9.83. The Balaban J connectivity index is 0.00000128. The molecule has 1 spiro atoms. The maximum atomic E-state index is 12.8. The van der Waals surface area contributed by atoms with E-state index in [1.54, 1.807) is 11.3 Å². The molecule has 162 valence electrons. The third kappa shape index (κ3) is 4.22. The molecule has 1 fully saturated rings. The Morgan fingerprint density at radius 2 is 2.13 bits per heavy atom. The van der Waals surface area contributed by atoms with Crippen LogP contribution in [-0.4, -0.2) is 35.0 Å². The zero-order valence-corrected chi connectivity index (χ0v) is 19.2. The normalized spacial score (nSPS) is 17.1. The minimum absolute atomic E-state index is 0. The van der Waals surface area contributed by atoms with Crippen LogP contribution >= 0.6 is 36.2 Å². The molecule has 3 aromatic heterocycles. The van der Waals surface area contributed by atoms with Gasteiger partial charge in [0, 0.05) is 23.7 Å². The fraction of sp³-hybridized carbons (Fsp3) is 0.429. The van der Waals surface area contributed by atoms with Crippen molar-refractivity contribution >= 4 is 47.7 Å². The van der Waals surface area contributed by atoms with Crippen molar-refractivity contribution in [3.05, 3.63) is 57.2 Å². The van der Waals surface area contributed by atoms with E-state index in [9.17, 15) is 4.79 Å². The van der Waals surface area contributed by atoms with Gasteiger partial charge in [0.1, 0.15) is 5.65 Å². The number of imidazole rings is 1. The molecule has 5 heterocycles. The van der Waals surface area contributed by atoms with E-state index in [0.717, 1.165) is 55.2 Å². The van der Waals surface area contributed by atoms with Crippen molar-refractivity contribution in [1.29, 1.82) is 0 Å². The predicted octanol–water partition coefficient (Wildman–Crippen LogP) is 3.63. The van der Waals surface area contributed by atoms with E-state index in [1.807, 2.05) is 35.9 Å². The summed E-state index contributed by atoms with van der Waals surface area (Å²) in [4.78, 5) is 19.5. The van der Waals surface area contributed by atoms with Crippen LogP contribution in [0.1, 0.15) is 44.2 Å². The first-order chi connectivity index (χ1) is 13.6. The third-order valence-corrected chi connectivity index (χ3v) is 6.93. The molecular weight excluding hydrogens is 443 g/mol. The lowest BCUT2D eigenvalue weighted by atomic mass is 9.83. The van der Waals surface area contributed by atoms with E-state index in [0.29, 0.717) is 6.54 Å². The standard InChI is InChI=1S/C21H24N4O2S.2ClH/c1-14-2-8-25-13-15(24-19(25)10-14)12-23-20(26)18-11-16-17(28-18)3-9-27-21(16)4-6-22-7-5-21;;/h2,8,10-11,13,22H,3-7,9,12H2,1H3,(H,23,26);2*1H. The number of amides is 1. The van der Waals surface area contributed by atoms with Gasteiger partial charge in [0.15, 0.2) is 0 Å². The lowest BCUT2D eigenvalue weighted by molar-refractivity contribution is -0.0792. The zero-order valence-electron chi connectivity index (χ0n) is 16.8. The van der Waals surface area contributed by atoms with E-state index in [-0.39, 0.29) is 36.3 Å². The number of thiophene rings is 1. The number of aryl methyl sites for hydroxylation is 1. The van der Waals surface area contributed by atoms with Crippen LogP contribution in [0.25, 0.3) is 5.65 Å². The Morgan fingerprint density at radius 3 is 2.93 bits per heavy atom. The summed E-state index contributed by atoms with van der Waals surface area (Å²) in [6, 6.07) is 6.15. The summed E-state index contributed by atoms with van der Waals surface area (Å²) in [5.41, 5.74) is 3.97. The molecule has 1 saturated heterocycles. The molecule has 0 aromatic carbocycles. The highest BCUT2D eigenvalue weighted by Crippen LogP contribution is 2.43. The molecule has 2 N–H and O–H groups in total. The largest absolute Gasteiger partial charge is 0.370 e. The monoisotopic (exact) mass is 468 g/mol. The second-order valence-corrected chi connectivity index (χ2v) is 8.81. The number of fused-ring (bicyclic) bond motifs is 3. The highest BCUT2D eigenvalue weighted by Gasteiger charge is 2.40. The van der Waals surface area contributed by atoms with Gasteiger partial charge in [0.05, 0.1) is 29.3 Å². The van der Waals surface area contributed by atoms with Crippen LogP contribution in [0.2, 0.25) is 0 Å². The quantitative estimate of drug-likeness (QED) is 0.615. The molecule has 5 rings (SSSR count). The minimum atomic E-state index is -0.201. The fourth-order valence-electron chi connectivity index (χ4n) is 4.25. The molecule has 9 heteroatoms. The summed E-state index contributed by atoms with van der Waals surface area (Å²) in [5.74, 6) is -0.0308. The molecule has 3 aromatic rings. The first kappa shape index (κ1) is 23.0. The van der Waals surface area contributed by atoms with Crippen LogP contribution in [0.5, 0.6) is 0 Å². The second kappa shape index (κ2) is 9.24. The molecule has 30 heavy (non-hydrogen) atoms. The number of hydrogen-bond acceptors (Lipinski definition) is 5. The van der Waals surface area contributed by atoms with Gasteiger partial charge in [-0.3, -0.25) is 4.79 Å². The van der Waals surface area contributed by atoms with E-state index in [4.69, 9.17) is 4.74 Å². The maximum Gasteiger partial charge on any atom is 0.261 e. The molecular formula is C21H26Cl2N4O2S. The van der Waals surface area contributed by atoms with Gasteiger partial charge >= 0.3 is 0 Å². The Labute approximate surface area is 192 Å². The topological polar surface area (TPSA) is 67.7 Å². The van der Waals surface area contributed by atoms with Crippen LogP contribution in [0.15, 0.2) is 30.6 Å². The highest BCUT2D eigenvalue weighted by molar-refractivity contribution is 7.14. The van der Waals surface area contributed by atoms with Crippen LogP contribution in [0, 0.1) is 6.92 Å². The van der Waals surface area contributed by atoms with Gasteiger partial charge in [-0.2, -0.15) is 0 Å². The van der Waals surface area contributed by atoms with Crippen molar-refractivity contribution in [2.45, 2.75) is 38.3 Å². The predicted molar refractivity (Wildman–Crippen MR) is 123 cm³/mol. The van der Waals surface area contributed by atoms with E-state index in [2.05, 4.69) is 21.7 Å². The molecule has 0 unspecified atom stereocenters. The number of ether oxygens (including phenoxy) is 1. The van der Waals surface area contributed by atoms with Crippen molar-refractivity contribution in [2.24, 2.45) is 0 Å². The number of aromatic nitrogens is 2. The molecule has 0 aliphatic carbocycles. The number of nitrogens with one attached hydrogen (secondary N) is 2. The van der Waals surface area contributed by atoms with Gasteiger partial charge in [0.25, 0.3) is 5.91 Å². The molecule has 0 atom stereocenters.